The van der Waals surface area contributed by atoms with Crippen molar-refractivity contribution in [3.63, 3.8) is 0 Å². The summed E-state index contributed by atoms with van der Waals surface area (Å²) in [4.78, 5) is 25.2. The molecule has 4 rings (SSSR count). The van der Waals surface area contributed by atoms with E-state index >= 15 is 0 Å². The van der Waals surface area contributed by atoms with Crippen LogP contribution in [0.2, 0.25) is 5.02 Å². The molecule has 166 valence electrons. The third-order valence-electron chi connectivity index (χ3n) is 5.37. The van der Waals surface area contributed by atoms with Crippen LogP contribution in [0.3, 0.4) is 0 Å². The second-order valence-corrected chi connectivity index (χ2v) is 8.29. The maximum Gasteiger partial charge on any atom is 0.234 e. The number of rotatable bonds is 7. The number of aliphatic imine (C=N–C) groups is 1. The number of carbonyl (C=O) groups excluding carboxylic acids is 1. The molecule has 0 spiro atoms. The second-order valence-electron chi connectivity index (χ2n) is 7.85. The summed E-state index contributed by atoms with van der Waals surface area (Å²) in [6, 6.07) is 7.79. The van der Waals surface area contributed by atoms with Crippen molar-refractivity contribution in [2.75, 3.05) is 46.3 Å². The molecule has 1 aromatic heterocycles. The summed E-state index contributed by atoms with van der Waals surface area (Å²) in [7, 11) is 1.78. The minimum absolute atomic E-state index is 0.134. The van der Waals surface area contributed by atoms with Crippen LogP contribution in [0.4, 0.5) is 0 Å². The zero-order valence-corrected chi connectivity index (χ0v) is 18.4. The first-order valence-electron chi connectivity index (χ1n) is 10.7. The molecule has 0 unspecified atom stereocenters. The molecule has 2 N–H and O–H groups in total. The van der Waals surface area contributed by atoms with Gasteiger partial charge >= 0.3 is 0 Å². The molecule has 31 heavy (non-hydrogen) atoms. The Bertz CT molecular complexity index is 920. The smallest absolute Gasteiger partial charge is 0.234 e. The van der Waals surface area contributed by atoms with Crippen LogP contribution in [0.25, 0.3) is 11.4 Å². The summed E-state index contributed by atoms with van der Waals surface area (Å²) in [5.74, 6) is 2.07. The summed E-state index contributed by atoms with van der Waals surface area (Å²) in [5, 5.41) is 11.1. The first kappa shape index (κ1) is 21.6. The van der Waals surface area contributed by atoms with E-state index in [0.717, 1.165) is 50.5 Å². The van der Waals surface area contributed by atoms with E-state index in [1.54, 1.807) is 7.05 Å². The minimum Gasteiger partial charge on any atom is -0.356 e. The zero-order valence-electron chi connectivity index (χ0n) is 17.7. The molecule has 0 bridgehead atoms. The quantitative estimate of drug-likeness (QED) is 0.491. The van der Waals surface area contributed by atoms with Crippen LogP contribution in [-0.2, 0) is 11.2 Å². The lowest BCUT2D eigenvalue weighted by Crippen LogP contribution is -2.54. The molecule has 2 heterocycles. The SMILES string of the molecule is CN=C(NCCc1nc(-c2cccc(Cl)c2)no1)N1CCN(CC(=O)NC2CC2)CC1. The van der Waals surface area contributed by atoms with Gasteiger partial charge in [-0.25, -0.2) is 0 Å². The minimum atomic E-state index is 0.134. The Morgan fingerprint density at radius 1 is 1.29 bits per heavy atom. The lowest BCUT2D eigenvalue weighted by atomic mass is 10.2. The molecule has 1 saturated heterocycles. The molecule has 1 saturated carbocycles. The highest BCUT2D eigenvalue weighted by Gasteiger charge is 2.25. The molecule has 10 heteroatoms. The monoisotopic (exact) mass is 445 g/mol. The van der Waals surface area contributed by atoms with E-state index in [0.29, 0.717) is 42.3 Å². The maximum atomic E-state index is 12.0. The van der Waals surface area contributed by atoms with Crippen molar-refractivity contribution in [2.24, 2.45) is 4.99 Å². The standard InChI is InChI=1S/C21H28ClN7O2/c1-23-21(29-11-9-28(10-12-29)14-18(30)25-17-5-6-17)24-8-7-19-26-20(27-31-19)15-3-2-4-16(22)13-15/h2-4,13,17H,5-12,14H2,1H3,(H,23,24)(H,25,30). The van der Waals surface area contributed by atoms with Gasteiger partial charge in [-0.3, -0.25) is 14.7 Å². The molecule has 1 amide bonds. The Labute approximate surface area is 186 Å². The van der Waals surface area contributed by atoms with E-state index in [2.05, 4.69) is 35.6 Å². The number of hydrogen-bond donors (Lipinski definition) is 2. The summed E-state index contributed by atoms with van der Waals surface area (Å²) in [6.07, 6.45) is 2.83. The van der Waals surface area contributed by atoms with E-state index in [1.165, 1.54) is 0 Å². The molecule has 2 aromatic rings. The van der Waals surface area contributed by atoms with Crippen LogP contribution in [0, 0.1) is 0 Å². The highest BCUT2D eigenvalue weighted by atomic mass is 35.5. The molecule has 0 atom stereocenters. The number of nitrogens with one attached hydrogen (secondary N) is 2. The second kappa shape index (κ2) is 10.1. The topological polar surface area (TPSA) is 98.9 Å². The molecular formula is C21H28ClN7O2. The normalized spacial score (nSPS) is 17.6. The number of nitrogens with zero attached hydrogens (tertiary/aromatic N) is 5. The van der Waals surface area contributed by atoms with Gasteiger partial charge in [0.05, 0.1) is 6.54 Å². The van der Waals surface area contributed by atoms with Gasteiger partial charge in [0.25, 0.3) is 0 Å². The van der Waals surface area contributed by atoms with Crippen LogP contribution in [-0.4, -0.2) is 84.2 Å². The van der Waals surface area contributed by atoms with Gasteiger partial charge in [-0.2, -0.15) is 4.98 Å². The highest BCUT2D eigenvalue weighted by molar-refractivity contribution is 6.30. The third kappa shape index (κ3) is 6.18. The average Bonchev–Trinajstić information content (AvgIpc) is 3.45. The fourth-order valence-electron chi connectivity index (χ4n) is 3.54. The van der Waals surface area contributed by atoms with Gasteiger partial charge in [-0.05, 0) is 25.0 Å². The molecule has 2 aliphatic rings. The largest absolute Gasteiger partial charge is 0.356 e. The molecule has 1 aliphatic carbocycles. The van der Waals surface area contributed by atoms with E-state index < -0.39 is 0 Å². The number of piperazine rings is 1. The van der Waals surface area contributed by atoms with Crippen LogP contribution in [0.15, 0.2) is 33.8 Å². The van der Waals surface area contributed by atoms with Crippen molar-refractivity contribution in [1.29, 1.82) is 0 Å². The number of guanidine groups is 1. The zero-order chi connectivity index (χ0) is 21.6. The molecule has 0 radical (unpaired) electrons. The third-order valence-corrected chi connectivity index (χ3v) is 5.60. The Morgan fingerprint density at radius 2 is 2.10 bits per heavy atom. The number of benzene rings is 1. The van der Waals surface area contributed by atoms with E-state index in [-0.39, 0.29) is 5.91 Å². The van der Waals surface area contributed by atoms with Crippen molar-refractivity contribution < 1.29 is 9.32 Å². The van der Waals surface area contributed by atoms with Crippen molar-refractivity contribution in [3.05, 3.63) is 35.2 Å². The number of amides is 1. The van der Waals surface area contributed by atoms with Gasteiger partial charge in [0.15, 0.2) is 5.96 Å². The first-order valence-corrected chi connectivity index (χ1v) is 11.0. The average molecular weight is 446 g/mol. The molecule has 9 nitrogen and oxygen atoms in total. The van der Waals surface area contributed by atoms with E-state index in [4.69, 9.17) is 16.1 Å². The van der Waals surface area contributed by atoms with Gasteiger partial charge in [0, 0.05) is 62.8 Å². The first-order chi connectivity index (χ1) is 15.1. The summed E-state index contributed by atoms with van der Waals surface area (Å²) < 4.78 is 5.36. The Balaban J connectivity index is 1.20. The molecule has 2 fully saturated rings. The van der Waals surface area contributed by atoms with Crippen LogP contribution in [0.5, 0.6) is 0 Å². The van der Waals surface area contributed by atoms with Crippen molar-refractivity contribution in [3.8, 4) is 11.4 Å². The Hall–Kier alpha value is -2.65. The summed E-state index contributed by atoms with van der Waals surface area (Å²) in [6.45, 7) is 4.44. The number of carbonyl (C=O) groups is 1. The number of halogens is 1. The van der Waals surface area contributed by atoms with E-state index in [9.17, 15) is 4.79 Å². The molecular weight excluding hydrogens is 418 g/mol. The van der Waals surface area contributed by atoms with E-state index in [1.807, 2.05) is 24.3 Å². The Kier molecular flexibility index (Phi) is 7.03. The Morgan fingerprint density at radius 3 is 2.81 bits per heavy atom. The lowest BCUT2D eigenvalue weighted by molar-refractivity contribution is -0.122. The predicted molar refractivity (Wildman–Crippen MR) is 119 cm³/mol. The maximum absolute atomic E-state index is 12.0. The van der Waals surface area contributed by atoms with Crippen molar-refractivity contribution in [1.82, 2.24) is 30.6 Å². The highest BCUT2D eigenvalue weighted by Crippen LogP contribution is 2.20. The number of hydrogen-bond acceptors (Lipinski definition) is 6. The predicted octanol–water partition coefficient (Wildman–Crippen LogP) is 1.40. The van der Waals surface area contributed by atoms with Gasteiger partial charge in [-0.15, -0.1) is 0 Å². The van der Waals surface area contributed by atoms with Crippen molar-refractivity contribution >= 4 is 23.5 Å². The van der Waals surface area contributed by atoms with Crippen LogP contribution < -0.4 is 10.6 Å². The lowest BCUT2D eigenvalue weighted by Gasteiger charge is -2.36. The summed E-state index contributed by atoms with van der Waals surface area (Å²) in [5.41, 5.74) is 0.829. The molecule has 1 aromatic carbocycles. The van der Waals surface area contributed by atoms with Crippen LogP contribution >= 0.6 is 11.6 Å². The van der Waals surface area contributed by atoms with Crippen LogP contribution in [0.1, 0.15) is 18.7 Å². The summed E-state index contributed by atoms with van der Waals surface area (Å²) >= 11 is 6.03. The fraction of sp³-hybridized carbons (Fsp3) is 0.524. The van der Waals surface area contributed by atoms with Gasteiger partial charge in [-0.1, -0.05) is 28.9 Å². The van der Waals surface area contributed by atoms with Gasteiger partial charge < -0.3 is 20.1 Å². The van der Waals surface area contributed by atoms with Gasteiger partial charge in [0.2, 0.25) is 17.6 Å². The fourth-order valence-corrected chi connectivity index (χ4v) is 3.73. The van der Waals surface area contributed by atoms with Crippen molar-refractivity contribution in [2.45, 2.75) is 25.3 Å². The van der Waals surface area contributed by atoms with Gasteiger partial charge in [0.1, 0.15) is 0 Å². The number of aromatic nitrogens is 2. The molecule has 1 aliphatic heterocycles.